The second kappa shape index (κ2) is 10.6. The summed E-state index contributed by atoms with van der Waals surface area (Å²) in [6.07, 6.45) is 3.91. The number of nitrogens with zero attached hydrogens (tertiary/aromatic N) is 1. The van der Waals surface area contributed by atoms with Crippen LogP contribution in [-0.4, -0.2) is 36.0 Å². The average Bonchev–Trinajstić information content (AvgIpc) is 2.80. The van der Waals surface area contributed by atoms with Crippen LogP contribution < -0.4 is 5.32 Å². The zero-order valence-electron chi connectivity index (χ0n) is 19.3. The van der Waals surface area contributed by atoms with Gasteiger partial charge in [0.05, 0.1) is 0 Å². The van der Waals surface area contributed by atoms with Crippen LogP contribution >= 0.6 is 0 Å². The summed E-state index contributed by atoms with van der Waals surface area (Å²) in [5.41, 5.74) is 5.76. The molecule has 1 N–H and O–H groups in total. The monoisotopic (exact) mass is 426 g/mol. The number of hydrogen-bond donors (Lipinski definition) is 1. The van der Waals surface area contributed by atoms with Crippen molar-refractivity contribution in [3.05, 3.63) is 107 Å². The standard InChI is InChI=1S/C29H34N2O/c1-22-17-23(2)19-26(18-22)29(32)31-16-14-27(30-15-13-24-9-5-3-6-10-24)21-28(31)20-25-11-7-4-8-12-25/h3-12,17-19,27-28,30H,13-16,20-21H2,1-2H3/t27?,28-/m1/s1. The second-order valence-electron chi connectivity index (χ2n) is 9.13. The lowest BCUT2D eigenvalue weighted by atomic mass is 9.91. The topological polar surface area (TPSA) is 32.3 Å². The van der Waals surface area contributed by atoms with Gasteiger partial charge in [0.2, 0.25) is 0 Å². The molecule has 0 aliphatic carbocycles. The maximum atomic E-state index is 13.5. The largest absolute Gasteiger partial charge is 0.335 e. The van der Waals surface area contributed by atoms with Gasteiger partial charge in [-0.05, 0) is 69.3 Å². The molecule has 3 heteroatoms. The van der Waals surface area contributed by atoms with E-state index in [1.807, 2.05) is 12.1 Å². The molecule has 166 valence electrons. The van der Waals surface area contributed by atoms with Crippen molar-refractivity contribution in [2.45, 2.75) is 51.6 Å². The summed E-state index contributed by atoms with van der Waals surface area (Å²) in [7, 11) is 0. The fourth-order valence-corrected chi connectivity index (χ4v) is 4.91. The van der Waals surface area contributed by atoms with Crippen LogP contribution in [0, 0.1) is 13.8 Å². The number of rotatable bonds is 7. The molecule has 3 aromatic carbocycles. The first-order valence-electron chi connectivity index (χ1n) is 11.8. The van der Waals surface area contributed by atoms with E-state index in [1.54, 1.807) is 0 Å². The van der Waals surface area contributed by atoms with Gasteiger partial charge in [0.25, 0.3) is 5.91 Å². The van der Waals surface area contributed by atoms with Crippen molar-refractivity contribution in [2.24, 2.45) is 0 Å². The normalized spacial score (nSPS) is 18.5. The van der Waals surface area contributed by atoms with Crippen LogP contribution in [0.25, 0.3) is 0 Å². The number of nitrogens with one attached hydrogen (secondary N) is 1. The molecule has 0 aromatic heterocycles. The van der Waals surface area contributed by atoms with Gasteiger partial charge in [-0.2, -0.15) is 0 Å². The predicted molar refractivity (Wildman–Crippen MR) is 132 cm³/mol. The lowest BCUT2D eigenvalue weighted by molar-refractivity contribution is 0.0577. The quantitative estimate of drug-likeness (QED) is 0.552. The zero-order valence-corrected chi connectivity index (χ0v) is 19.3. The van der Waals surface area contributed by atoms with Gasteiger partial charge in [-0.25, -0.2) is 0 Å². The van der Waals surface area contributed by atoms with Crippen LogP contribution in [-0.2, 0) is 12.8 Å². The summed E-state index contributed by atoms with van der Waals surface area (Å²) in [6.45, 7) is 5.90. The molecule has 1 unspecified atom stereocenters. The Morgan fingerprint density at radius 1 is 0.906 bits per heavy atom. The van der Waals surface area contributed by atoms with Crippen LogP contribution in [0.5, 0.6) is 0 Å². The van der Waals surface area contributed by atoms with E-state index in [1.165, 1.54) is 11.1 Å². The highest BCUT2D eigenvalue weighted by atomic mass is 16.2. The number of piperidine rings is 1. The first-order valence-corrected chi connectivity index (χ1v) is 11.8. The first kappa shape index (κ1) is 22.3. The van der Waals surface area contributed by atoms with Gasteiger partial charge in [0, 0.05) is 24.2 Å². The second-order valence-corrected chi connectivity index (χ2v) is 9.13. The van der Waals surface area contributed by atoms with Crippen molar-refractivity contribution in [1.29, 1.82) is 0 Å². The minimum absolute atomic E-state index is 0.167. The van der Waals surface area contributed by atoms with Crippen molar-refractivity contribution in [1.82, 2.24) is 10.2 Å². The van der Waals surface area contributed by atoms with Gasteiger partial charge in [-0.3, -0.25) is 4.79 Å². The van der Waals surface area contributed by atoms with Crippen molar-refractivity contribution in [3.63, 3.8) is 0 Å². The molecule has 2 atom stereocenters. The van der Waals surface area contributed by atoms with E-state index in [2.05, 4.69) is 90.8 Å². The SMILES string of the molecule is Cc1cc(C)cc(C(=O)N2CCC(NCCc3ccccc3)C[C@H]2Cc2ccccc2)c1. The fraction of sp³-hybridized carbons (Fsp3) is 0.345. The van der Waals surface area contributed by atoms with Crippen LogP contribution in [0.4, 0.5) is 0 Å². The van der Waals surface area contributed by atoms with Gasteiger partial charge in [0.15, 0.2) is 0 Å². The van der Waals surface area contributed by atoms with Gasteiger partial charge < -0.3 is 10.2 Å². The highest BCUT2D eigenvalue weighted by molar-refractivity contribution is 5.95. The molecule has 4 rings (SSSR count). The lowest BCUT2D eigenvalue weighted by Gasteiger charge is -2.40. The van der Waals surface area contributed by atoms with E-state index in [9.17, 15) is 4.79 Å². The molecule has 1 fully saturated rings. The summed E-state index contributed by atoms with van der Waals surface area (Å²) in [4.78, 5) is 15.6. The number of hydrogen-bond acceptors (Lipinski definition) is 2. The Labute approximate surface area is 192 Å². The van der Waals surface area contributed by atoms with E-state index in [-0.39, 0.29) is 11.9 Å². The highest BCUT2D eigenvalue weighted by Gasteiger charge is 2.32. The molecule has 1 aliphatic rings. The van der Waals surface area contributed by atoms with Gasteiger partial charge in [-0.1, -0.05) is 77.9 Å². The third-order valence-corrected chi connectivity index (χ3v) is 6.45. The molecular weight excluding hydrogens is 392 g/mol. The number of aryl methyl sites for hydroxylation is 2. The summed E-state index contributed by atoms with van der Waals surface area (Å²) in [6, 6.07) is 28.0. The number of likely N-dealkylation sites (tertiary alicyclic amines) is 1. The molecule has 1 saturated heterocycles. The molecule has 0 radical (unpaired) electrons. The van der Waals surface area contributed by atoms with Crippen molar-refractivity contribution >= 4 is 5.91 Å². The number of carbonyl (C=O) groups is 1. The maximum absolute atomic E-state index is 13.5. The molecule has 0 saturated carbocycles. The molecule has 1 aliphatic heterocycles. The third kappa shape index (κ3) is 5.86. The van der Waals surface area contributed by atoms with E-state index >= 15 is 0 Å². The highest BCUT2D eigenvalue weighted by Crippen LogP contribution is 2.24. The molecule has 3 aromatic rings. The van der Waals surface area contributed by atoms with E-state index in [4.69, 9.17) is 0 Å². The average molecular weight is 427 g/mol. The number of carbonyl (C=O) groups excluding carboxylic acids is 1. The van der Waals surface area contributed by atoms with E-state index < -0.39 is 0 Å². The Kier molecular flexibility index (Phi) is 7.39. The van der Waals surface area contributed by atoms with Crippen LogP contribution in [0.15, 0.2) is 78.9 Å². The zero-order chi connectivity index (χ0) is 22.3. The van der Waals surface area contributed by atoms with E-state index in [0.717, 1.165) is 55.5 Å². The van der Waals surface area contributed by atoms with Crippen LogP contribution in [0.2, 0.25) is 0 Å². The molecule has 3 nitrogen and oxygen atoms in total. The molecule has 1 heterocycles. The van der Waals surface area contributed by atoms with Crippen LogP contribution in [0.1, 0.15) is 45.5 Å². The van der Waals surface area contributed by atoms with Gasteiger partial charge >= 0.3 is 0 Å². The Morgan fingerprint density at radius 3 is 2.19 bits per heavy atom. The Bertz CT molecular complexity index is 996. The number of benzene rings is 3. The Balaban J connectivity index is 1.45. The minimum atomic E-state index is 0.167. The minimum Gasteiger partial charge on any atom is -0.335 e. The fourth-order valence-electron chi connectivity index (χ4n) is 4.91. The van der Waals surface area contributed by atoms with E-state index in [0.29, 0.717) is 6.04 Å². The smallest absolute Gasteiger partial charge is 0.254 e. The van der Waals surface area contributed by atoms with Crippen molar-refractivity contribution in [2.75, 3.05) is 13.1 Å². The summed E-state index contributed by atoms with van der Waals surface area (Å²) in [5, 5.41) is 3.77. The van der Waals surface area contributed by atoms with Crippen molar-refractivity contribution in [3.8, 4) is 0 Å². The summed E-state index contributed by atoms with van der Waals surface area (Å²) >= 11 is 0. The summed E-state index contributed by atoms with van der Waals surface area (Å²) in [5.74, 6) is 0.167. The third-order valence-electron chi connectivity index (χ3n) is 6.45. The lowest BCUT2D eigenvalue weighted by Crippen LogP contribution is -2.52. The first-order chi connectivity index (χ1) is 15.6. The van der Waals surface area contributed by atoms with Gasteiger partial charge in [0.1, 0.15) is 0 Å². The summed E-state index contributed by atoms with van der Waals surface area (Å²) < 4.78 is 0. The molecule has 32 heavy (non-hydrogen) atoms. The maximum Gasteiger partial charge on any atom is 0.254 e. The van der Waals surface area contributed by atoms with Crippen LogP contribution in [0.3, 0.4) is 0 Å². The number of amides is 1. The Morgan fingerprint density at radius 2 is 1.53 bits per heavy atom. The van der Waals surface area contributed by atoms with Crippen molar-refractivity contribution < 1.29 is 4.79 Å². The molecule has 0 bridgehead atoms. The molecular formula is C29H34N2O. The Hall–Kier alpha value is -2.91. The predicted octanol–water partition coefficient (Wildman–Crippen LogP) is 5.35. The molecule has 0 spiro atoms. The molecule has 1 amide bonds. The van der Waals surface area contributed by atoms with Gasteiger partial charge in [-0.15, -0.1) is 0 Å².